The highest BCUT2D eigenvalue weighted by Gasteiger charge is 2.71. The van der Waals surface area contributed by atoms with Gasteiger partial charge in [0.1, 0.15) is 16.5 Å². The number of carbonyl (C=O) groups excluding carboxylic acids is 1. The molecule has 7 nitrogen and oxygen atoms in total. The summed E-state index contributed by atoms with van der Waals surface area (Å²) in [6.45, 7) is 5.16. The molecule has 2 aromatic heterocycles. The van der Waals surface area contributed by atoms with Gasteiger partial charge in [0.2, 0.25) is 11.9 Å². The van der Waals surface area contributed by atoms with Crippen LogP contribution in [0, 0.1) is 42.0 Å². The Labute approximate surface area is 201 Å². The molecule has 1 amide bonds. The van der Waals surface area contributed by atoms with Gasteiger partial charge in [0.25, 0.3) is 0 Å². The van der Waals surface area contributed by atoms with E-state index in [1.54, 1.807) is 12.1 Å². The van der Waals surface area contributed by atoms with Crippen LogP contribution in [-0.2, 0) is 10.3 Å². The zero-order chi connectivity index (χ0) is 24.1. The van der Waals surface area contributed by atoms with Gasteiger partial charge in [-0.1, -0.05) is 17.7 Å². The average molecular weight is 475 g/mol. The number of likely N-dealkylation sites (tertiary alicyclic amines) is 1. The lowest BCUT2D eigenvalue weighted by molar-refractivity contribution is -0.130. The zero-order valence-corrected chi connectivity index (χ0v) is 19.7. The molecule has 34 heavy (non-hydrogen) atoms. The highest BCUT2D eigenvalue weighted by atomic mass is 32.2. The second-order valence-electron chi connectivity index (χ2n) is 9.16. The van der Waals surface area contributed by atoms with Crippen LogP contribution in [0.2, 0.25) is 0 Å². The fraction of sp³-hybridized carbons (Fsp3) is 0.400. The number of carbonyl (C=O) groups is 1. The van der Waals surface area contributed by atoms with Crippen molar-refractivity contribution in [3.05, 3.63) is 58.4 Å². The average Bonchev–Trinajstić information content (AvgIpc) is 3.32. The van der Waals surface area contributed by atoms with Crippen LogP contribution < -0.4 is 5.73 Å². The van der Waals surface area contributed by atoms with Crippen molar-refractivity contribution in [3.8, 4) is 17.9 Å². The Balaban J connectivity index is 1.49. The monoisotopic (exact) mass is 474 g/mol. The van der Waals surface area contributed by atoms with Gasteiger partial charge in [0, 0.05) is 42.5 Å². The maximum Gasteiger partial charge on any atom is 0.239 e. The number of aryl methyl sites for hydroxylation is 1. The summed E-state index contributed by atoms with van der Waals surface area (Å²) in [6.07, 6.45) is 5.44. The summed E-state index contributed by atoms with van der Waals surface area (Å²) in [4.78, 5) is 28.0. The van der Waals surface area contributed by atoms with E-state index in [1.807, 2.05) is 24.8 Å². The molecule has 1 saturated carbocycles. The van der Waals surface area contributed by atoms with Gasteiger partial charge in [-0.2, -0.15) is 9.65 Å². The first-order chi connectivity index (χ1) is 16.3. The molecule has 9 heteroatoms. The largest absolute Gasteiger partial charge is 0.378 e. The Morgan fingerprint density at radius 1 is 1.24 bits per heavy atom. The molecule has 5 rings (SSSR count). The number of aromatic nitrogens is 2. The number of amides is 1. The molecule has 1 saturated heterocycles. The Morgan fingerprint density at radius 3 is 2.68 bits per heavy atom. The van der Waals surface area contributed by atoms with Gasteiger partial charge in [0.05, 0.1) is 11.1 Å². The minimum Gasteiger partial charge on any atom is -0.378 e. The Kier molecular flexibility index (Phi) is 5.33. The first kappa shape index (κ1) is 22.4. The van der Waals surface area contributed by atoms with Crippen LogP contribution in [0.1, 0.15) is 54.1 Å². The maximum absolute atomic E-state index is 15.0. The Morgan fingerprint density at radius 2 is 1.97 bits per heavy atom. The van der Waals surface area contributed by atoms with E-state index >= 15 is 4.39 Å². The number of pyridine rings is 2. The van der Waals surface area contributed by atoms with Crippen molar-refractivity contribution >= 4 is 22.8 Å². The molecule has 172 valence electrons. The lowest BCUT2D eigenvalue weighted by Crippen LogP contribution is -2.45. The molecule has 0 bridgehead atoms. The van der Waals surface area contributed by atoms with E-state index in [4.69, 9.17) is 11.0 Å². The van der Waals surface area contributed by atoms with Crippen LogP contribution in [0.3, 0.4) is 0 Å². The summed E-state index contributed by atoms with van der Waals surface area (Å²) in [5.41, 5.74) is 7.74. The minimum absolute atomic E-state index is 0.0794. The molecule has 0 radical (unpaired) electrons. The van der Waals surface area contributed by atoms with Crippen molar-refractivity contribution in [2.75, 3.05) is 13.1 Å². The summed E-state index contributed by atoms with van der Waals surface area (Å²) in [5, 5.41) is 9.30. The van der Waals surface area contributed by atoms with Crippen LogP contribution in [0.4, 0.5) is 4.39 Å². The van der Waals surface area contributed by atoms with Gasteiger partial charge in [-0.15, -0.1) is 0 Å². The van der Waals surface area contributed by atoms with Crippen LogP contribution in [0.15, 0.2) is 29.5 Å². The van der Waals surface area contributed by atoms with Crippen molar-refractivity contribution in [1.82, 2.24) is 14.9 Å². The van der Waals surface area contributed by atoms with Gasteiger partial charge < -0.3 is 10.6 Å². The smallest absolute Gasteiger partial charge is 0.239 e. The minimum atomic E-state index is -1.01. The van der Waals surface area contributed by atoms with Gasteiger partial charge in [-0.25, -0.2) is 9.97 Å². The molecule has 2 aromatic rings. The van der Waals surface area contributed by atoms with E-state index in [-0.39, 0.29) is 22.6 Å². The van der Waals surface area contributed by atoms with E-state index in [9.17, 15) is 4.79 Å². The zero-order valence-electron chi connectivity index (χ0n) is 18.9. The number of hydrogen-bond donors (Lipinski definition) is 1. The highest BCUT2D eigenvalue weighted by Crippen LogP contribution is 2.66. The fourth-order valence-corrected chi connectivity index (χ4v) is 6.46. The molecule has 3 aliphatic rings. The molecule has 2 N–H and O–H groups in total. The first-order valence-corrected chi connectivity index (χ1v) is 12.0. The van der Waals surface area contributed by atoms with E-state index in [0.717, 1.165) is 31.5 Å². The van der Waals surface area contributed by atoms with Gasteiger partial charge in [-0.05, 0) is 56.7 Å². The molecule has 4 heterocycles. The summed E-state index contributed by atoms with van der Waals surface area (Å²) >= 11 is 1.31. The third-order valence-corrected chi connectivity index (χ3v) is 8.18. The van der Waals surface area contributed by atoms with E-state index < -0.39 is 16.2 Å². The maximum atomic E-state index is 15.0. The number of nitriles is 1. The summed E-state index contributed by atoms with van der Waals surface area (Å²) < 4.78 is 14.3. The lowest BCUT2D eigenvalue weighted by atomic mass is 9.86. The standard InChI is InChI=1S/C25H23FN6OS/c1-15-9-17(12-27)14-29-19(15)6-5-16-10-18(21(26)30-13-16)24(2)20-11-25(20,34-23(28)31-24)22(33)32-7-3-4-8-32/h9-10,13-14,20H,3-4,7-8,11H2,1-2H3,(H2,28,31)/t20?,24-,25+/m1/s1. The number of thioether (sulfide) groups is 1. The fourth-order valence-electron chi connectivity index (χ4n) is 5.01. The van der Waals surface area contributed by atoms with Gasteiger partial charge >= 0.3 is 0 Å². The second kappa shape index (κ2) is 8.11. The number of halogens is 1. The molecule has 3 atom stereocenters. The third kappa shape index (κ3) is 3.61. The highest BCUT2D eigenvalue weighted by molar-refractivity contribution is 8.15. The van der Waals surface area contributed by atoms with Crippen molar-refractivity contribution in [3.63, 3.8) is 0 Å². The van der Waals surface area contributed by atoms with Crippen LogP contribution in [0.25, 0.3) is 0 Å². The summed E-state index contributed by atoms with van der Waals surface area (Å²) in [7, 11) is 0. The van der Waals surface area contributed by atoms with E-state index in [1.165, 1.54) is 24.2 Å². The second-order valence-corrected chi connectivity index (χ2v) is 10.5. The Bertz CT molecular complexity index is 1340. The normalized spacial score (nSPS) is 27.2. The molecule has 1 unspecified atom stereocenters. The molecular formula is C25H23FN6OS. The van der Waals surface area contributed by atoms with Crippen LogP contribution in [0.5, 0.6) is 0 Å². The predicted octanol–water partition coefficient (Wildman–Crippen LogP) is 2.85. The van der Waals surface area contributed by atoms with Crippen molar-refractivity contribution < 1.29 is 9.18 Å². The van der Waals surface area contributed by atoms with Gasteiger partial charge in [-0.3, -0.25) is 9.79 Å². The quantitative estimate of drug-likeness (QED) is 0.530. The van der Waals surface area contributed by atoms with Crippen molar-refractivity contribution in [1.29, 1.82) is 5.26 Å². The molecule has 2 fully saturated rings. The molecular weight excluding hydrogens is 451 g/mol. The number of aliphatic imine (C=N–C) groups is 1. The number of nitrogens with two attached hydrogens (primary N) is 1. The van der Waals surface area contributed by atoms with E-state index in [2.05, 4.69) is 26.8 Å². The SMILES string of the molecule is Cc1cc(C#N)cnc1C#Cc1cnc(F)c([C@@]2(C)N=C(N)S[C@@]3(C(=O)N4CCCC4)CC32)c1. The number of amidine groups is 1. The predicted molar refractivity (Wildman–Crippen MR) is 127 cm³/mol. The number of nitrogens with zero attached hydrogens (tertiary/aromatic N) is 5. The Hall–Kier alpha value is -3.43. The molecule has 1 aliphatic carbocycles. The van der Waals surface area contributed by atoms with Gasteiger partial charge in [0.15, 0.2) is 5.17 Å². The lowest BCUT2D eigenvalue weighted by Gasteiger charge is -2.34. The third-order valence-electron chi connectivity index (χ3n) is 6.89. The van der Waals surface area contributed by atoms with Crippen LogP contribution >= 0.6 is 11.8 Å². The summed E-state index contributed by atoms with van der Waals surface area (Å²) in [5.74, 6) is 5.24. The van der Waals surface area contributed by atoms with E-state index in [0.29, 0.717) is 23.2 Å². The van der Waals surface area contributed by atoms with Crippen LogP contribution in [-0.4, -0.2) is 43.8 Å². The summed E-state index contributed by atoms with van der Waals surface area (Å²) in [6, 6.07) is 5.41. The molecule has 0 spiro atoms. The first-order valence-electron chi connectivity index (χ1n) is 11.2. The number of rotatable bonds is 2. The van der Waals surface area contributed by atoms with Crippen molar-refractivity contribution in [2.45, 2.75) is 43.4 Å². The van der Waals surface area contributed by atoms with Crippen molar-refractivity contribution in [2.24, 2.45) is 16.6 Å². The molecule has 0 aromatic carbocycles. The molecule has 2 aliphatic heterocycles. The number of hydrogen-bond acceptors (Lipinski definition) is 7. The topological polar surface area (TPSA) is 108 Å². The number of fused-ring (bicyclic) bond motifs is 1.